The van der Waals surface area contributed by atoms with E-state index in [9.17, 15) is 4.79 Å². The Kier molecular flexibility index (Phi) is 6.13. The molecule has 0 atom stereocenters. The van der Waals surface area contributed by atoms with E-state index in [-0.39, 0.29) is 11.8 Å². The summed E-state index contributed by atoms with van der Waals surface area (Å²) in [5.41, 5.74) is 2.85. The van der Waals surface area contributed by atoms with Crippen molar-refractivity contribution in [3.05, 3.63) is 83.8 Å². The smallest absolute Gasteiger partial charge is 0.260 e. The van der Waals surface area contributed by atoms with Crippen molar-refractivity contribution in [2.75, 3.05) is 5.32 Å². The molecule has 0 aliphatic rings. The zero-order valence-electron chi connectivity index (χ0n) is 17.5. The standard InChI is InChI=1S/C24H22N4O2S/c1-15(2)22-27-24(30-28-22)19-8-6-7-16(3)21(19)26-23(29)17-10-12-18(13-11-17)31-20-9-4-5-14-25-20/h4-15H,1-3H3,(H,26,29). The lowest BCUT2D eigenvalue weighted by atomic mass is 10.1. The van der Waals surface area contributed by atoms with Crippen molar-refractivity contribution in [1.29, 1.82) is 0 Å². The number of amides is 1. The number of carbonyl (C=O) groups excluding carboxylic acids is 1. The predicted octanol–water partition coefficient (Wildman–Crippen LogP) is 5.97. The van der Waals surface area contributed by atoms with Crippen molar-refractivity contribution in [1.82, 2.24) is 15.1 Å². The molecule has 0 saturated carbocycles. The van der Waals surface area contributed by atoms with Crippen LogP contribution < -0.4 is 5.32 Å². The van der Waals surface area contributed by atoms with Gasteiger partial charge in [-0.05, 0) is 55.0 Å². The molecule has 2 aromatic carbocycles. The molecule has 0 aliphatic heterocycles. The molecule has 2 aromatic heterocycles. The topological polar surface area (TPSA) is 80.9 Å². The lowest BCUT2D eigenvalue weighted by Gasteiger charge is -2.12. The molecule has 31 heavy (non-hydrogen) atoms. The van der Waals surface area contributed by atoms with E-state index in [1.54, 1.807) is 18.0 Å². The Labute approximate surface area is 185 Å². The number of nitrogens with zero attached hydrogens (tertiary/aromatic N) is 3. The van der Waals surface area contributed by atoms with Crippen LogP contribution in [-0.4, -0.2) is 21.0 Å². The third-order valence-corrected chi connectivity index (χ3v) is 5.64. The summed E-state index contributed by atoms with van der Waals surface area (Å²) in [6.45, 7) is 5.94. The Hall–Kier alpha value is -3.45. The van der Waals surface area contributed by atoms with Gasteiger partial charge in [-0.1, -0.05) is 49.0 Å². The molecule has 4 aromatic rings. The van der Waals surface area contributed by atoms with Gasteiger partial charge in [0.2, 0.25) is 0 Å². The average Bonchev–Trinajstić information content (AvgIpc) is 3.27. The average molecular weight is 431 g/mol. The van der Waals surface area contributed by atoms with Crippen molar-refractivity contribution >= 4 is 23.4 Å². The number of nitrogens with one attached hydrogen (secondary N) is 1. The number of anilines is 1. The number of rotatable bonds is 6. The van der Waals surface area contributed by atoms with Crippen LogP contribution in [0.3, 0.4) is 0 Å². The summed E-state index contributed by atoms with van der Waals surface area (Å²) >= 11 is 1.55. The third-order valence-electron chi connectivity index (χ3n) is 4.68. The molecular weight excluding hydrogens is 408 g/mol. The van der Waals surface area contributed by atoms with Crippen LogP contribution in [0.1, 0.15) is 41.5 Å². The van der Waals surface area contributed by atoms with Gasteiger partial charge >= 0.3 is 0 Å². The number of aryl methyl sites for hydroxylation is 1. The van der Waals surface area contributed by atoms with Gasteiger partial charge in [0.15, 0.2) is 5.82 Å². The second-order valence-electron chi connectivity index (χ2n) is 7.36. The van der Waals surface area contributed by atoms with Crippen molar-refractivity contribution in [2.45, 2.75) is 36.6 Å². The number of para-hydroxylation sites is 1. The van der Waals surface area contributed by atoms with Crippen LogP contribution in [-0.2, 0) is 0 Å². The molecule has 0 bridgehead atoms. The van der Waals surface area contributed by atoms with Crippen molar-refractivity contribution < 1.29 is 9.32 Å². The molecule has 1 N–H and O–H groups in total. The first-order valence-corrected chi connectivity index (χ1v) is 10.8. The summed E-state index contributed by atoms with van der Waals surface area (Å²) < 4.78 is 5.45. The molecule has 2 heterocycles. The number of hydrogen-bond donors (Lipinski definition) is 1. The van der Waals surface area contributed by atoms with E-state index in [0.29, 0.717) is 28.5 Å². The summed E-state index contributed by atoms with van der Waals surface area (Å²) in [5.74, 6) is 0.982. The van der Waals surface area contributed by atoms with Gasteiger partial charge in [-0.2, -0.15) is 4.98 Å². The van der Waals surface area contributed by atoms with Crippen LogP contribution in [0.2, 0.25) is 0 Å². The van der Waals surface area contributed by atoms with E-state index in [1.165, 1.54) is 0 Å². The Morgan fingerprint density at radius 1 is 1.03 bits per heavy atom. The van der Waals surface area contributed by atoms with E-state index in [4.69, 9.17) is 4.52 Å². The van der Waals surface area contributed by atoms with Gasteiger partial charge < -0.3 is 9.84 Å². The van der Waals surface area contributed by atoms with Gasteiger partial charge in [0.25, 0.3) is 11.8 Å². The van der Waals surface area contributed by atoms with E-state index in [2.05, 4.69) is 20.4 Å². The van der Waals surface area contributed by atoms with E-state index in [1.807, 2.05) is 81.4 Å². The number of aromatic nitrogens is 3. The summed E-state index contributed by atoms with van der Waals surface area (Å²) in [7, 11) is 0. The maximum absolute atomic E-state index is 12.9. The molecule has 0 radical (unpaired) electrons. The van der Waals surface area contributed by atoms with Crippen LogP contribution in [0.5, 0.6) is 0 Å². The predicted molar refractivity (Wildman–Crippen MR) is 121 cm³/mol. The number of pyridine rings is 1. The third kappa shape index (κ3) is 4.83. The highest BCUT2D eigenvalue weighted by Gasteiger charge is 2.18. The molecule has 1 amide bonds. The SMILES string of the molecule is Cc1cccc(-c2nc(C(C)C)no2)c1NC(=O)c1ccc(Sc2ccccn2)cc1. The largest absolute Gasteiger partial charge is 0.334 e. The molecule has 0 unspecified atom stereocenters. The highest BCUT2D eigenvalue weighted by Crippen LogP contribution is 2.31. The van der Waals surface area contributed by atoms with Gasteiger partial charge in [-0.25, -0.2) is 4.98 Å². The van der Waals surface area contributed by atoms with Crippen molar-refractivity contribution in [3.8, 4) is 11.5 Å². The number of carbonyl (C=O) groups is 1. The summed E-state index contributed by atoms with van der Waals surface area (Å²) in [6.07, 6.45) is 1.76. The molecule has 0 spiro atoms. The Morgan fingerprint density at radius 2 is 1.84 bits per heavy atom. The summed E-state index contributed by atoms with van der Waals surface area (Å²) in [4.78, 5) is 22.7. The lowest BCUT2D eigenvalue weighted by molar-refractivity contribution is 0.102. The molecule has 6 nitrogen and oxygen atoms in total. The Bertz CT molecular complexity index is 1190. The maximum atomic E-state index is 12.9. The quantitative estimate of drug-likeness (QED) is 0.406. The fraction of sp³-hybridized carbons (Fsp3) is 0.167. The highest BCUT2D eigenvalue weighted by molar-refractivity contribution is 7.99. The first-order chi connectivity index (χ1) is 15.0. The minimum atomic E-state index is -0.200. The number of benzene rings is 2. The van der Waals surface area contributed by atoms with E-state index >= 15 is 0 Å². The highest BCUT2D eigenvalue weighted by atomic mass is 32.2. The molecule has 7 heteroatoms. The fourth-order valence-electron chi connectivity index (χ4n) is 2.98. The zero-order chi connectivity index (χ0) is 21.8. The maximum Gasteiger partial charge on any atom is 0.260 e. The molecule has 0 saturated heterocycles. The molecule has 0 fully saturated rings. The second kappa shape index (κ2) is 9.14. The van der Waals surface area contributed by atoms with Crippen molar-refractivity contribution in [2.24, 2.45) is 0 Å². The first-order valence-electron chi connectivity index (χ1n) is 9.95. The molecule has 4 rings (SSSR count). The van der Waals surface area contributed by atoms with Gasteiger partial charge in [0.05, 0.1) is 11.3 Å². The number of hydrogen-bond acceptors (Lipinski definition) is 6. The van der Waals surface area contributed by atoms with Crippen LogP contribution in [0, 0.1) is 6.92 Å². The fourth-order valence-corrected chi connectivity index (χ4v) is 3.75. The molecule has 0 aliphatic carbocycles. The van der Waals surface area contributed by atoms with E-state index < -0.39 is 0 Å². The van der Waals surface area contributed by atoms with Gasteiger partial charge in [-0.15, -0.1) is 0 Å². The normalized spacial score (nSPS) is 11.0. The van der Waals surface area contributed by atoms with Crippen LogP contribution >= 0.6 is 11.8 Å². The monoisotopic (exact) mass is 430 g/mol. The van der Waals surface area contributed by atoms with E-state index in [0.717, 1.165) is 15.5 Å². The second-order valence-corrected chi connectivity index (χ2v) is 8.45. The van der Waals surface area contributed by atoms with Gasteiger partial charge in [0.1, 0.15) is 5.03 Å². The summed E-state index contributed by atoms with van der Waals surface area (Å²) in [5, 5.41) is 7.96. The minimum Gasteiger partial charge on any atom is -0.334 e. The Morgan fingerprint density at radius 3 is 2.52 bits per heavy atom. The molecular formula is C24H22N4O2S. The summed E-state index contributed by atoms with van der Waals surface area (Å²) in [6, 6.07) is 18.9. The molecule has 156 valence electrons. The van der Waals surface area contributed by atoms with Crippen LogP contribution in [0.25, 0.3) is 11.5 Å². The first kappa shape index (κ1) is 20.8. The minimum absolute atomic E-state index is 0.155. The lowest BCUT2D eigenvalue weighted by Crippen LogP contribution is -2.13. The Balaban J connectivity index is 1.54. The van der Waals surface area contributed by atoms with Gasteiger partial charge in [0, 0.05) is 22.6 Å². The van der Waals surface area contributed by atoms with Crippen molar-refractivity contribution in [3.63, 3.8) is 0 Å². The van der Waals surface area contributed by atoms with Crippen LogP contribution in [0.15, 0.2) is 81.3 Å². The van der Waals surface area contributed by atoms with Crippen LogP contribution in [0.4, 0.5) is 5.69 Å². The zero-order valence-corrected chi connectivity index (χ0v) is 18.3. The van der Waals surface area contributed by atoms with Gasteiger partial charge in [-0.3, -0.25) is 4.79 Å².